The predicted octanol–water partition coefficient (Wildman–Crippen LogP) is 2.10. The van der Waals surface area contributed by atoms with Gasteiger partial charge in [-0.25, -0.2) is 14.2 Å². The summed E-state index contributed by atoms with van der Waals surface area (Å²) in [6.45, 7) is 0.603. The van der Waals surface area contributed by atoms with E-state index in [-0.39, 0.29) is 18.6 Å². The fraction of sp³-hybridized carbons (Fsp3) is 0.182. The van der Waals surface area contributed by atoms with Crippen LogP contribution in [0.1, 0.15) is 15.9 Å². The van der Waals surface area contributed by atoms with Crippen molar-refractivity contribution in [1.29, 1.82) is 0 Å². The van der Waals surface area contributed by atoms with E-state index in [1.54, 1.807) is 16.8 Å². The van der Waals surface area contributed by atoms with Gasteiger partial charge in [0.1, 0.15) is 29.6 Å². The molecule has 0 saturated carbocycles. The molecule has 194 valence electrons. The Kier molecular flexibility index (Phi) is 8.16. The fourth-order valence-electron chi connectivity index (χ4n) is 3.11. The number of carboxylic acid groups (broad SMARTS) is 1. The Morgan fingerprint density at radius 1 is 1.08 bits per heavy atom. The largest absolute Gasteiger partial charge is 0.505 e. The first kappa shape index (κ1) is 26.8. The van der Waals surface area contributed by atoms with Gasteiger partial charge in [0.25, 0.3) is 11.5 Å². The minimum absolute atomic E-state index is 0.0667. The number of rotatable bonds is 6. The first-order chi connectivity index (χ1) is 17.5. The van der Waals surface area contributed by atoms with Gasteiger partial charge >= 0.3 is 12.1 Å². The van der Waals surface area contributed by atoms with Gasteiger partial charge in [0, 0.05) is 19.3 Å². The third kappa shape index (κ3) is 6.65. The van der Waals surface area contributed by atoms with Gasteiger partial charge in [-0.3, -0.25) is 19.3 Å². The lowest BCUT2D eigenvalue weighted by Crippen LogP contribution is -2.34. The van der Waals surface area contributed by atoms with E-state index in [1.807, 2.05) is 0 Å². The Balaban J connectivity index is 0.000000479. The van der Waals surface area contributed by atoms with Crippen LogP contribution in [0.3, 0.4) is 0 Å². The van der Waals surface area contributed by atoms with Crippen molar-refractivity contribution in [3.63, 3.8) is 0 Å². The number of nitrogens with one attached hydrogen (secondary N) is 1. The number of hydrogen-bond acceptors (Lipinski definition) is 7. The van der Waals surface area contributed by atoms with Crippen LogP contribution in [0.2, 0.25) is 0 Å². The van der Waals surface area contributed by atoms with Crippen molar-refractivity contribution in [1.82, 2.24) is 29.6 Å². The van der Waals surface area contributed by atoms with Crippen molar-refractivity contribution >= 4 is 22.9 Å². The molecule has 0 aliphatic carbocycles. The highest BCUT2D eigenvalue weighted by molar-refractivity contribution is 6.01. The van der Waals surface area contributed by atoms with E-state index < -0.39 is 40.7 Å². The van der Waals surface area contributed by atoms with Crippen LogP contribution in [0.15, 0.2) is 60.0 Å². The molecule has 0 radical (unpaired) electrons. The molecule has 0 spiro atoms. The van der Waals surface area contributed by atoms with Gasteiger partial charge in [-0.15, -0.1) is 0 Å². The van der Waals surface area contributed by atoms with Crippen molar-refractivity contribution in [3.8, 4) is 5.75 Å². The number of aliphatic carboxylic acids is 1. The van der Waals surface area contributed by atoms with E-state index >= 15 is 0 Å². The van der Waals surface area contributed by atoms with Gasteiger partial charge in [-0.1, -0.05) is 12.1 Å². The Morgan fingerprint density at radius 3 is 2.35 bits per heavy atom. The molecule has 0 atom stereocenters. The summed E-state index contributed by atoms with van der Waals surface area (Å²) >= 11 is 0. The zero-order valence-electron chi connectivity index (χ0n) is 18.7. The molecule has 15 heteroatoms. The molecule has 0 bridgehead atoms. The summed E-state index contributed by atoms with van der Waals surface area (Å²) in [5.74, 6) is -4.38. The van der Waals surface area contributed by atoms with Gasteiger partial charge in [0.15, 0.2) is 5.75 Å². The maximum atomic E-state index is 13.1. The molecule has 3 aromatic heterocycles. The zero-order valence-corrected chi connectivity index (χ0v) is 18.7. The van der Waals surface area contributed by atoms with E-state index in [0.717, 1.165) is 0 Å². The zero-order chi connectivity index (χ0) is 27.2. The van der Waals surface area contributed by atoms with E-state index in [2.05, 4.69) is 20.4 Å². The Hall–Kier alpha value is -4.82. The predicted molar refractivity (Wildman–Crippen MR) is 119 cm³/mol. The number of aromatic hydroxyl groups is 1. The van der Waals surface area contributed by atoms with Crippen molar-refractivity contribution in [3.05, 3.63) is 82.5 Å². The number of carbonyl (C=O) groups excluding carboxylic acids is 1. The molecule has 1 amide bonds. The summed E-state index contributed by atoms with van der Waals surface area (Å²) in [5, 5.41) is 24.3. The van der Waals surface area contributed by atoms with Crippen molar-refractivity contribution in [2.75, 3.05) is 0 Å². The number of hydrogen-bond donors (Lipinski definition) is 3. The second-order valence-corrected chi connectivity index (χ2v) is 7.32. The standard InChI is InChI=1S/C20H17FN6O3.C2HF3O2/c21-14-5-3-13(4-6-14)10-24-19(29)16-18(28)17-15(2-1-7-23-17)27(20(16)30)9-8-26-12-22-11-25-26;3-2(4,5)1(6)7/h1-7,11-12,28H,8-10H2,(H,24,29);(H,6,7). The average Bonchev–Trinajstić information content (AvgIpc) is 3.37. The first-order valence-electron chi connectivity index (χ1n) is 10.3. The number of fused-ring (bicyclic) bond motifs is 1. The minimum atomic E-state index is -5.08. The smallest absolute Gasteiger partial charge is 0.490 e. The third-order valence-corrected chi connectivity index (χ3v) is 4.85. The molecular weight excluding hydrogens is 504 g/mol. The summed E-state index contributed by atoms with van der Waals surface area (Å²) in [5.41, 5.74) is 0.138. The molecule has 0 saturated heterocycles. The number of aromatic nitrogens is 5. The van der Waals surface area contributed by atoms with E-state index in [1.165, 1.54) is 47.7 Å². The Morgan fingerprint density at radius 2 is 1.76 bits per heavy atom. The van der Waals surface area contributed by atoms with Gasteiger partial charge in [0.2, 0.25) is 0 Å². The fourth-order valence-corrected chi connectivity index (χ4v) is 3.11. The maximum absolute atomic E-state index is 13.1. The van der Waals surface area contributed by atoms with E-state index in [4.69, 9.17) is 9.90 Å². The number of carboxylic acids is 1. The molecular formula is C22H18F4N6O5. The van der Waals surface area contributed by atoms with Crippen molar-refractivity contribution in [2.45, 2.75) is 25.8 Å². The van der Waals surface area contributed by atoms with E-state index in [9.17, 15) is 32.3 Å². The number of pyridine rings is 2. The van der Waals surface area contributed by atoms with Gasteiger partial charge in [0.05, 0.1) is 12.1 Å². The molecule has 0 aliphatic rings. The summed E-state index contributed by atoms with van der Waals surface area (Å²) in [7, 11) is 0. The van der Waals surface area contributed by atoms with Crippen LogP contribution in [0, 0.1) is 5.82 Å². The molecule has 3 heterocycles. The van der Waals surface area contributed by atoms with Crippen LogP contribution in [0.25, 0.3) is 11.0 Å². The van der Waals surface area contributed by atoms with Crippen LogP contribution < -0.4 is 10.9 Å². The quantitative estimate of drug-likeness (QED) is 0.326. The SMILES string of the molecule is O=C(NCc1ccc(F)cc1)c1c(O)c2ncccc2n(CCn2cncn2)c1=O.O=C(O)C(F)(F)F. The molecule has 4 aromatic rings. The maximum Gasteiger partial charge on any atom is 0.490 e. The normalized spacial score (nSPS) is 11.0. The van der Waals surface area contributed by atoms with Crippen molar-refractivity contribution in [2.24, 2.45) is 0 Å². The van der Waals surface area contributed by atoms with Gasteiger partial charge in [-0.2, -0.15) is 18.3 Å². The molecule has 4 rings (SSSR count). The van der Waals surface area contributed by atoms with Gasteiger partial charge in [-0.05, 0) is 29.8 Å². The van der Waals surface area contributed by atoms with Crippen molar-refractivity contribution < 1.29 is 37.4 Å². The highest BCUT2D eigenvalue weighted by Gasteiger charge is 2.38. The summed E-state index contributed by atoms with van der Waals surface area (Å²) in [6.07, 6.45) is -0.718. The molecule has 0 unspecified atom stereocenters. The Labute approximate surface area is 204 Å². The molecule has 3 N–H and O–H groups in total. The van der Waals surface area contributed by atoms with Crippen LogP contribution in [-0.2, 0) is 24.4 Å². The number of aryl methyl sites for hydroxylation is 2. The number of alkyl halides is 3. The van der Waals surface area contributed by atoms with Gasteiger partial charge < -0.3 is 20.1 Å². The minimum Gasteiger partial charge on any atom is -0.505 e. The lowest BCUT2D eigenvalue weighted by molar-refractivity contribution is -0.192. The average molecular weight is 522 g/mol. The highest BCUT2D eigenvalue weighted by atomic mass is 19.4. The summed E-state index contributed by atoms with van der Waals surface area (Å²) in [4.78, 5) is 42.7. The van der Waals surface area contributed by atoms with E-state index in [0.29, 0.717) is 17.6 Å². The number of halogens is 4. The molecule has 0 fully saturated rings. The molecule has 37 heavy (non-hydrogen) atoms. The monoisotopic (exact) mass is 522 g/mol. The van der Waals surface area contributed by atoms with Crippen LogP contribution in [0.4, 0.5) is 17.6 Å². The number of carbonyl (C=O) groups is 2. The number of amides is 1. The molecule has 0 aliphatic heterocycles. The second-order valence-electron chi connectivity index (χ2n) is 7.32. The highest BCUT2D eigenvalue weighted by Crippen LogP contribution is 2.24. The third-order valence-electron chi connectivity index (χ3n) is 4.85. The first-order valence-corrected chi connectivity index (χ1v) is 10.3. The van der Waals surface area contributed by atoms with Crippen LogP contribution in [-0.4, -0.2) is 52.6 Å². The summed E-state index contributed by atoms with van der Waals surface area (Å²) < 4.78 is 47.7. The lowest BCUT2D eigenvalue weighted by Gasteiger charge is -2.14. The topological polar surface area (TPSA) is 152 Å². The molecule has 11 nitrogen and oxygen atoms in total. The lowest BCUT2D eigenvalue weighted by atomic mass is 10.1. The number of nitrogens with zero attached hydrogens (tertiary/aromatic N) is 5. The number of benzene rings is 1. The summed E-state index contributed by atoms with van der Waals surface area (Å²) in [6, 6.07) is 8.88. The Bertz CT molecular complexity index is 1450. The second kappa shape index (κ2) is 11.3. The van der Waals surface area contributed by atoms with Crippen LogP contribution in [0.5, 0.6) is 5.75 Å². The molecule has 1 aromatic carbocycles. The van der Waals surface area contributed by atoms with Crippen LogP contribution >= 0.6 is 0 Å².